The Bertz CT molecular complexity index is 333. The van der Waals surface area contributed by atoms with Crippen LogP contribution in [0.25, 0.3) is 0 Å². The van der Waals surface area contributed by atoms with Gasteiger partial charge in [-0.2, -0.15) is 0 Å². The normalized spacial score (nSPS) is 24.4. The van der Waals surface area contributed by atoms with Gasteiger partial charge in [0, 0.05) is 11.6 Å². The summed E-state index contributed by atoms with van der Waals surface area (Å²) in [6, 6.07) is 0.231. The molecule has 1 atom stereocenters. The highest BCUT2D eigenvalue weighted by molar-refractivity contribution is 7.91. The van der Waals surface area contributed by atoms with Crippen LogP contribution in [0.1, 0.15) is 33.6 Å². The molecule has 0 radical (unpaired) electrons. The molecule has 1 rings (SSSR count). The third-order valence-corrected chi connectivity index (χ3v) is 4.93. The predicted octanol–water partition coefficient (Wildman–Crippen LogP) is 0.884. The lowest BCUT2D eigenvalue weighted by molar-refractivity contribution is 0.254. The Morgan fingerprint density at radius 3 is 2.47 bits per heavy atom. The van der Waals surface area contributed by atoms with Crippen molar-refractivity contribution in [3.63, 3.8) is 0 Å². The van der Waals surface area contributed by atoms with E-state index in [9.17, 15) is 8.42 Å². The molecular formula is C12H26N2O2S. The monoisotopic (exact) mass is 262 g/mol. The van der Waals surface area contributed by atoms with Crippen LogP contribution in [-0.2, 0) is 9.84 Å². The fraction of sp³-hybridized carbons (Fsp3) is 1.00. The van der Waals surface area contributed by atoms with E-state index in [0.717, 1.165) is 25.9 Å². The van der Waals surface area contributed by atoms with Crippen molar-refractivity contribution in [3.8, 4) is 0 Å². The zero-order valence-electron chi connectivity index (χ0n) is 11.5. The zero-order valence-corrected chi connectivity index (χ0v) is 12.3. The van der Waals surface area contributed by atoms with Crippen LogP contribution in [0, 0.1) is 0 Å². The molecule has 0 amide bonds. The Kier molecular flexibility index (Phi) is 4.98. The molecule has 0 saturated carbocycles. The molecule has 0 bridgehead atoms. The Morgan fingerprint density at radius 2 is 2.00 bits per heavy atom. The van der Waals surface area contributed by atoms with Crippen molar-refractivity contribution in [2.75, 3.05) is 31.6 Å². The Balaban J connectivity index is 2.20. The molecule has 0 aliphatic carbocycles. The number of hydrogen-bond donors (Lipinski definition) is 1. The van der Waals surface area contributed by atoms with Gasteiger partial charge in [0.1, 0.15) is 0 Å². The lowest BCUT2D eigenvalue weighted by Gasteiger charge is -2.25. The molecule has 0 aromatic carbocycles. The third kappa shape index (κ3) is 5.84. The number of sulfone groups is 1. The van der Waals surface area contributed by atoms with Gasteiger partial charge >= 0.3 is 0 Å². The molecule has 0 spiro atoms. The summed E-state index contributed by atoms with van der Waals surface area (Å²) in [4.78, 5) is 2.19. The van der Waals surface area contributed by atoms with Crippen molar-refractivity contribution >= 4 is 9.84 Å². The van der Waals surface area contributed by atoms with Crippen molar-refractivity contribution in [2.24, 2.45) is 0 Å². The molecule has 4 nitrogen and oxygen atoms in total. The van der Waals surface area contributed by atoms with Crippen LogP contribution < -0.4 is 5.32 Å². The first-order valence-electron chi connectivity index (χ1n) is 6.35. The lowest BCUT2D eigenvalue weighted by atomic mass is 10.1. The van der Waals surface area contributed by atoms with Gasteiger partial charge in [-0.15, -0.1) is 0 Å². The highest BCUT2D eigenvalue weighted by Gasteiger charge is 2.30. The molecule has 102 valence electrons. The lowest BCUT2D eigenvalue weighted by Crippen LogP contribution is -2.39. The molecule has 1 aliphatic rings. The van der Waals surface area contributed by atoms with Gasteiger partial charge in [0.2, 0.25) is 0 Å². The topological polar surface area (TPSA) is 49.4 Å². The molecule has 1 unspecified atom stereocenters. The van der Waals surface area contributed by atoms with E-state index in [-0.39, 0.29) is 11.6 Å². The van der Waals surface area contributed by atoms with E-state index in [1.165, 1.54) is 0 Å². The molecule has 5 heteroatoms. The predicted molar refractivity (Wildman–Crippen MR) is 72.1 cm³/mol. The Morgan fingerprint density at radius 1 is 1.35 bits per heavy atom. The van der Waals surface area contributed by atoms with Crippen LogP contribution in [0.2, 0.25) is 0 Å². The van der Waals surface area contributed by atoms with Gasteiger partial charge < -0.3 is 10.2 Å². The minimum absolute atomic E-state index is 0.162. The molecule has 1 heterocycles. The Labute approximate surface area is 106 Å². The number of nitrogens with one attached hydrogen (secondary N) is 1. The van der Waals surface area contributed by atoms with Crippen LogP contribution >= 0.6 is 0 Å². The first kappa shape index (κ1) is 14.9. The Hall–Kier alpha value is -0.130. The largest absolute Gasteiger partial charge is 0.312 e. The first-order chi connectivity index (χ1) is 7.70. The summed E-state index contributed by atoms with van der Waals surface area (Å²) < 4.78 is 22.7. The molecule has 1 N–H and O–H groups in total. The average molecular weight is 262 g/mol. The quantitative estimate of drug-likeness (QED) is 0.747. The number of rotatable bonds is 5. The number of nitrogens with zero attached hydrogens (tertiary/aromatic N) is 1. The second-order valence-electron chi connectivity index (χ2n) is 6.07. The van der Waals surface area contributed by atoms with E-state index in [1.54, 1.807) is 0 Å². The van der Waals surface area contributed by atoms with Crippen LogP contribution in [0.3, 0.4) is 0 Å². The van der Waals surface area contributed by atoms with Gasteiger partial charge in [0.05, 0.1) is 11.5 Å². The molecular weight excluding hydrogens is 236 g/mol. The fourth-order valence-corrected chi connectivity index (χ4v) is 3.90. The van der Waals surface area contributed by atoms with E-state index in [1.807, 2.05) is 7.05 Å². The second kappa shape index (κ2) is 5.67. The highest BCUT2D eigenvalue weighted by atomic mass is 32.2. The van der Waals surface area contributed by atoms with E-state index < -0.39 is 9.84 Å². The van der Waals surface area contributed by atoms with Gasteiger partial charge in [-0.05, 0) is 53.8 Å². The van der Waals surface area contributed by atoms with E-state index in [4.69, 9.17) is 0 Å². The van der Waals surface area contributed by atoms with Gasteiger partial charge in [0.25, 0.3) is 0 Å². The van der Waals surface area contributed by atoms with Gasteiger partial charge in [-0.25, -0.2) is 8.42 Å². The van der Waals surface area contributed by atoms with E-state index in [0.29, 0.717) is 11.5 Å². The maximum absolute atomic E-state index is 11.4. The second-order valence-corrected chi connectivity index (χ2v) is 8.30. The van der Waals surface area contributed by atoms with E-state index in [2.05, 4.69) is 31.0 Å². The SMILES string of the molecule is CN(CCCNC(C)(C)C)C1CCS(=O)(=O)C1. The zero-order chi connectivity index (χ0) is 13.1. The van der Waals surface area contributed by atoms with E-state index >= 15 is 0 Å². The minimum Gasteiger partial charge on any atom is -0.312 e. The van der Waals surface area contributed by atoms with Crippen molar-refractivity contribution in [1.29, 1.82) is 0 Å². The maximum Gasteiger partial charge on any atom is 0.151 e. The minimum atomic E-state index is -2.75. The summed E-state index contributed by atoms with van der Waals surface area (Å²) in [5, 5.41) is 3.44. The molecule has 17 heavy (non-hydrogen) atoms. The maximum atomic E-state index is 11.4. The van der Waals surface area contributed by atoms with Crippen LogP contribution in [0.15, 0.2) is 0 Å². The van der Waals surface area contributed by atoms with Crippen LogP contribution in [0.5, 0.6) is 0 Å². The van der Waals surface area contributed by atoms with Gasteiger partial charge in [0.15, 0.2) is 9.84 Å². The van der Waals surface area contributed by atoms with Crippen LogP contribution in [0.4, 0.5) is 0 Å². The highest BCUT2D eigenvalue weighted by Crippen LogP contribution is 2.16. The van der Waals surface area contributed by atoms with Crippen LogP contribution in [-0.4, -0.2) is 56.5 Å². The fourth-order valence-electron chi connectivity index (χ4n) is 2.10. The molecule has 1 saturated heterocycles. The van der Waals surface area contributed by atoms with Crippen molar-refractivity contribution in [2.45, 2.75) is 45.2 Å². The molecule has 0 aromatic rings. The summed E-state index contributed by atoms with van der Waals surface area (Å²) in [6.45, 7) is 8.40. The van der Waals surface area contributed by atoms with Crippen molar-refractivity contribution < 1.29 is 8.42 Å². The van der Waals surface area contributed by atoms with Gasteiger partial charge in [-0.3, -0.25) is 0 Å². The summed E-state index contributed by atoms with van der Waals surface area (Å²) in [5.41, 5.74) is 0.162. The van der Waals surface area contributed by atoms with Crippen molar-refractivity contribution in [1.82, 2.24) is 10.2 Å². The summed E-state index contributed by atoms with van der Waals surface area (Å²) in [6.07, 6.45) is 1.86. The number of hydrogen-bond acceptors (Lipinski definition) is 4. The van der Waals surface area contributed by atoms with Crippen molar-refractivity contribution in [3.05, 3.63) is 0 Å². The standard InChI is InChI=1S/C12H26N2O2S/c1-12(2,3)13-7-5-8-14(4)11-6-9-17(15,16)10-11/h11,13H,5-10H2,1-4H3. The summed E-state index contributed by atoms with van der Waals surface area (Å²) in [7, 11) is -0.721. The molecule has 1 aliphatic heterocycles. The first-order valence-corrected chi connectivity index (χ1v) is 8.17. The smallest absolute Gasteiger partial charge is 0.151 e. The average Bonchev–Trinajstić information content (AvgIpc) is 2.52. The summed E-state index contributed by atoms with van der Waals surface area (Å²) >= 11 is 0. The summed E-state index contributed by atoms with van der Waals surface area (Å²) in [5.74, 6) is 0.707. The molecule has 1 fully saturated rings. The van der Waals surface area contributed by atoms with Gasteiger partial charge in [-0.1, -0.05) is 0 Å². The molecule has 0 aromatic heterocycles. The third-order valence-electron chi connectivity index (χ3n) is 3.17.